The molecule has 3 heteroatoms. The van der Waals surface area contributed by atoms with E-state index in [-0.39, 0.29) is 0 Å². The highest BCUT2D eigenvalue weighted by molar-refractivity contribution is 7.68. The van der Waals surface area contributed by atoms with Crippen molar-refractivity contribution in [1.82, 2.24) is 5.32 Å². The van der Waals surface area contributed by atoms with Gasteiger partial charge in [-0.2, -0.15) is 0 Å². The standard InChI is InChI=1S/C30H55N2P/c1-5-14-25(15-6-1)30-23-13-16-26(32-30)24-31-33(27-17-7-2-8-18-27,28-19-9-3-10-20-28)29-21-11-4-12-22-29/h25-30,32H,1-24H2. The molecular formula is C30H55N2P. The van der Waals surface area contributed by atoms with Gasteiger partial charge in [0.05, 0.1) is 6.54 Å². The average Bonchev–Trinajstić information content (AvgIpc) is 2.92. The maximum absolute atomic E-state index is 6.18. The molecule has 5 rings (SSSR count). The third kappa shape index (κ3) is 5.96. The first-order valence-corrected chi connectivity index (χ1v) is 17.6. The Hall–Kier alpha value is 0.190. The van der Waals surface area contributed by atoms with Gasteiger partial charge in [0.1, 0.15) is 0 Å². The fourth-order valence-corrected chi connectivity index (χ4v) is 15.6. The van der Waals surface area contributed by atoms with Crippen molar-refractivity contribution in [1.29, 1.82) is 0 Å². The van der Waals surface area contributed by atoms with E-state index in [1.165, 1.54) is 154 Å². The summed E-state index contributed by atoms with van der Waals surface area (Å²) in [6.07, 6.45) is 34.5. The van der Waals surface area contributed by atoms with Crippen LogP contribution in [-0.2, 0) is 0 Å². The van der Waals surface area contributed by atoms with Gasteiger partial charge < -0.3 is 10.1 Å². The van der Waals surface area contributed by atoms with Crippen molar-refractivity contribution in [2.75, 3.05) is 6.54 Å². The number of nitrogens with one attached hydrogen (secondary N) is 1. The molecule has 4 aliphatic carbocycles. The molecule has 1 saturated heterocycles. The molecule has 0 aromatic heterocycles. The smallest absolute Gasteiger partial charge is 0.0528 e. The maximum atomic E-state index is 6.18. The van der Waals surface area contributed by atoms with Crippen LogP contribution in [0.1, 0.15) is 148 Å². The molecule has 0 bridgehead atoms. The van der Waals surface area contributed by atoms with Gasteiger partial charge in [-0.05, 0) is 94.2 Å². The fraction of sp³-hybridized carbons (Fsp3) is 1.00. The van der Waals surface area contributed by atoms with Crippen LogP contribution in [0.15, 0.2) is 4.74 Å². The lowest BCUT2D eigenvalue weighted by Gasteiger charge is -2.49. The van der Waals surface area contributed by atoms with Crippen molar-refractivity contribution in [3.05, 3.63) is 0 Å². The van der Waals surface area contributed by atoms with Crippen molar-refractivity contribution in [3.63, 3.8) is 0 Å². The van der Waals surface area contributed by atoms with E-state index in [2.05, 4.69) is 5.32 Å². The van der Waals surface area contributed by atoms with Gasteiger partial charge >= 0.3 is 0 Å². The second-order valence-corrected chi connectivity index (χ2v) is 16.9. The van der Waals surface area contributed by atoms with Crippen LogP contribution < -0.4 is 5.32 Å². The normalized spacial score (nSPS) is 32.6. The van der Waals surface area contributed by atoms with Gasteiger partial charge in [-0.1, -0.05) is 83.5 Å². The molecule has 1 N–H and O–H groups in total. The Morgan fingerprint density at radius 2 is 0.939 bits per heavy atom. The van der Waals surface area contributed by atoms with E-state index in [0.717, 1.165) is 28.9 Å². The SMILES string of the molecule is C1CCC(C2CCCC(CN=P(C3CCCCC3)(C3CCCCC3)C3CCCCC3)N2)CC1. The summed E-state index contributed by atoms with van der Waals surface area (Å²) in [5, 5.41) is 4.23. The van der Waals surface area contributed by atoms with Crippen molar-refractivity contribution < 1.29 is 0 Å². The molecule has 0 amide bonds. The van der Waals surface area contributed by atoms with Crippen LogP contribution in [0.5, 0.6) is 0 Å². The predicted octanol–water partition coefficient (Wildman–Crippen LogP) is 9.28. The molecule has 1 aliphatic heterocycles. The van der Waals surface area contributed by atoms with Crippen LogP contribution in [0, 0.1) is 5.92 Å². The monoisotopic (exact) mass is 474 g/mol. The minimum Gasteiger partial charge on any atom is -0.309 e. The number of piperidine rings is 1. The van der Waals surface area contributed by atoms with E-state index in [4.69, 9.17) is 4.74 Å². The maximum Gasteiger partial charge on any atom is 0.0528 e. The van der Waals surface area contributed by atoms with Crippen molar-refractivity contribution in [3.8, 4) is 0 Å². The first-order chi connectivity index (χ1) is 16.4. The van der Waals surface area contributed by atoms with Gasteiger partial charge in [0.2, 0.25) is 0 Å². The zero-order chi connectivity index (χ0) is 22.3. The molecule has 33 heavy (non-hydrogen) atoms. The van der Waals surface area contributed by atoms with E-state index in [1.807, 2.05) is 0 Å². The number of nitrogens with zero attached hydrogens (tertiary/aromatic N) is 1. The van der Waals surface area contributed by atoms with E-state index < -0.39 is 7.05 Å². The lowest BCUT2D eigenvalue weighted by molar-refractivity contribution is 0.207. The molecule has 1 heterocycles. The minimum absolute atomic E-state index is 0.695. The highest BCUT2D eigenvalue weighted by Crippen LogP contribution is 2.70. The van der Waals surface area contributed by atoms with Crippen LogP contribution in [0.2, 0.25) is 0 Å². The molecule has 4 saturated carbocycles. The van der Waals surface area contributed by atoms with E-state index in [9.17, 15) is 0 Å². The lowest BCUT2D eigenvalue weighted by atomic mass is 9.80. The van der Waals surface area contributed by atoms with E-state index in [1.54, 1.807) is 0 Å². The largest absolute Gasteiger partial charge is 0.309 e. The summed E-state index contributed by atoms with van der Waals surface area (Å²) in [7, 11) is -1.26. The van der Waals surface area contributed by atoms with Gasteiger partial charge in [-0.15, -0.1) is 0 Å². The summed E-state index contributed by atoms with van der Waals surface area (Å²) in [5.41, 5.74) is 3.03. The van der Waals surface area contributed by atoms with Crippen LogP contribution in [0.4, 0.5) is 0 Å². The molecule has 0 aromatic carbocycles. The molecule has 2 unspecified atom stereocenters. The number of hydrogen-bond donors (Lipinski definition) is 1. The lowest BCUT2D eigenvalue weighted by Crippen LogP contribution is -2.48. The number of rotatable bonds is 6. The Labute approximate surface area is 206 Å². The highest BCUT2D eigenvalue weighted by Gasteiger charge is 2.44. The quantitative estimate of drug-likeness (QED) is 0.381. The van der Waals surface area contributed by atoms with Crippen molar-refractivity contribution >= 4 is 7.05 Å². The average molecular weight is 475 g/mol. The van der Waals surface area contributed by atoms with E-state index in [0.29, 0.717) is 6.04 Å². The van der Waals surface area contributed by atoms with Crippen molar-refractivity contribution in [2.45, 2.75) is 177 Å². The summed E-state index contributed by atoms with van der Waals surface area (Å²) in [6, 6.07) is 1.51. The van der Waals surface area contributed by atoms with Gasteiger partial charge in [0.25, 0.3) is 0 Å². The molecule has 0 spiro atoms. The molecule has 190 valence electrons. The first-order valence-electron chi connectivity index (χ1n) is 15.7. The first kappa shape index (κ1) is 24.9. The van der Waals surface area contributed by atoms with Crippen LogP contribution in [-0.4, -0.2) is 35.6 Å². The fourth-order valence-electron chi connectivity index (χ4n) is 9.07. The Balaban J connectivity index is 1.39. The van der Waals surface area contributed by atoms with Crippen molar-refractivity contribution in [2.24, 2.45) is 10.7 Å². The van der Waals surface area contributed by atoms with Gasteiger partial charge in [-0.25, -0.2) is 0 Å². The predicted molar refractivity (Wildman–Crippen MR) is 146 cm³/mol. The summed E-state index contributed by atoms with van der Waals surface area (Å²) in [6.45, 7) is 1.18. The Kier molecular flexibility index (Phi) is 9.37. The van der Waals surface area contributed by atoms with E-state index >= 15 is 0 Å². The Bertz CT molecular complexity index is 569. The summed E-state index contributed by atoms with van der Waals surface area (Å²) in [4.78, 5) is 0. The van der Waals surface area contributed by atoms with Crippen LogP contribution >= 0.6 is 7.05 Å². The third-order valence-corrected chi connectivity index (χ3v) is 16.5. The Morgan fingerprint density at radius 3 is 1.42 bits per heavy atom. The van der Waals surface area contributed by atoms with Gasteiger partial charge in [0, 0.05) is 12.1 Å². The summed E-state index contributed by atoms with van der Waals surface area (Å²) in [5.74, 6) is 0.969. The molecular weight excluding hydrogens is 419 g/mol. The molecule has 5 aliphatic rings. The molecule has 2 atom stereocenters. The third-order valence-electron chi connectivity index (χ3n) is 10.8. The minimum atomic E-state index is -1.26. The zero-order valence-corrected chi connectivity index (χ0v) is 22.7. The highest BCUT2D eigenvalue weighted by atomic mass is 31.2. The zero-order valence-electron chi connectivity index (χ0n) is 21.8. The van der Waals surface area contributed by atoms with Crippen LogP contribution in [0.3, 0.4) is 0 Å². The summed E-state index contributed by atoms with van der Waals surface area (Å²) < 4.78 is 6.18. The molecule has 0 aromatic rings. The summed E-state index contributed by atoms with van der Waals surface area (Å²) >= 11 is 0. The molecule has 5 fully saturated rings. The van der Waals surface area contributed by atoms with Crippen LogP contribution in [0.25, 0.3) is 0 Å². The molecule has 0 radical (unpaired) electrons. The van der Waals surface area contributed by atoms with Gasteiger partial charge in [0.15, 0.2) is 0 Å². The Morgan fingerprint density at radius 1 is 0.485 bits per heavy atom. The van der Waals surface area contributed by atoms with Gasteiger partial charge in [-0.3, -0.25) is 0 Å². The number of hydrogen-bond acceptors (Lipinski definition) is 2. The second kappa shape index (κ2) is 12.4. The second-order valence-electron chi connectivity index (χ2n) is 12.8. The topological polar surface area (TPSA) is 24.4 Å². The molecule has 2 nitrogen and oxygen atoms in total.